The van der Waals surface area contributed by atoms with Crippen molar-refractivity contribution in [2.75, 3.05) is 6.54 Å². The zero-order valence-corrected chi connectivity index (χ0v) is 13.4. The topological polar surface area (TPSA) is 63.1 Å². The van der Waals surface area contributed by atoms with Gasteiger partial charge in [-0.25, -0.2) is 13.1 Å². The van der Waals surface area contributed by atoms with E-state index in [4.69, 9.17) is 0 Å². The number of hydrogen-bond donors (Lipinski definition) is 2. The minimum absolute atomic E-state index is 0.281. The lowest BCUT2D eigenvalue weighted by atomic mass is 10.0. The van der Waals surface area contributed by atoms with E-state index < -0.39 is 10.0 Å². The van der Waals surface area contributed by atoms with Crippen LogP contribution in [0, 0.1) is 0 Å². The highest BCUT2D eigenvalue weighted by atomic mass is 32.2. The molecule has 1 aromatic heterocycles. The molecule has 1 heterocycles. The maximum Gasteiger partial charge on any atom is 0.242 e. The van der Waals surface area contributed by atoms with E-state index in [1.54, 1.807) is 12.3 Å². The van der Waals surface area contributed by atoms with Gasteiger partial charge in [-0.15, -0.1) is 0 Å². The van der Waals surface area contributed by atoms with Crippen LogP contribution in [0.2, 0.25) is 0 Å². The molecule has 2 rings (SSSR count). The summed E-state index contributed by atoms with van der Waals surface area (Å²) < 4.78 is 29.7. The molecule has 0 unspecified atom stereocenters. The molecule has 0 atom stereocenters. The smallest absolute Gasteiger partial charge is 0.242 e. The summed E-state index contributed by atoms with van der Waals surface area (Å²) in [7, 11) is -1.55. The van der Waals surface area contributed by atoms with E-state index in [1.165, 1.54) is 0 Å². The first kappa shape index (κ1) is 15.5. The maximum atomic E-state index is 12.5. The molecule has 5 nitrogen and oxygen atoms in total. The molecule has 0 aromatic carbocycles. The van der Waals surface area contributed by atoms with E-state index >= 15 is 0 Å². The van der Waals surface area contributed by atoms with Gasteiger partial charge in [0.05, 0.1) is 4.90 Å². The first-order valence-electron chi connectivity index (χ1n) is 7.26. The third-order valence-electron chi connectivity index (χ3n) is 4.04. The predicted molar refractivity (Wildman–Crippen MR) is 80.0 cm³/mol. The van der Waals surface area contributed by atoms with E-state index in [0.717, 1.165) is 37.9 Å². The van der Waals surface area contributed by atoms with E-state index in [1.807, 2.05) is 25.5 Å². The van der Waals surface area contributed by atoms with E-state index in [9.17, 15) is 8.42 Å². The minimum Gasteiger partial charge on any atom is -0.352 e. The first-order chi connectivity index (χ1) is 9.36. The third kappa shape index (κ3) is 3.42. The van der Waals surface area contributed by atoms with Crippen molar-refractivity contribution in [2.24, 2.45) is 7.05 Å². The van der Waals surface area contributed by atoms with Crippen LogP contribution in [0.4, 0.5) is 0 Å². The molecule has 1 aliphatic rings. The summed E-state index contributed by atoms with van der Waals surface area (Å²) >= 11 is 0. The SMILES string of the molecule is CCNCc1cc(S(=O)(=O)NC2(C)CCCC2)cn1C. The van der Waals surface area contributed by atoms with E-state index in [0.29, 0.717) is 11.4 Å². The third-order valence-corrected chi connectivity index (χ3v) is 5.64. The highest BCUT2D eigenvalue weighted by molar-refractivity contribution is 7.89. The molecule has 114 valence electrons. The second kappa shape index (κ2) is 5.87. The summed E-state index contributed by atoms with van der Waals surface area (Å²) in [6, 6.07) is 1.75. The van der Waals surface area contributed by atoms with Crippen molar-refractivity contribution in [1.82, 2.24) is 14.6 Å². The first-order valence-corrected chi connectivity index (χ1v) is 8.74. The zero-order chi connectivity index (χ0) is 14.8. The molecule has 0 bridgehead atoms. The van der Waals surface area contributed by atoms with Crippen molar-refractivity contribution in [1.29, 1.82) is 0 Å². The van der Waals surface area contributed by atoms with Crippen LogP contribution in [0.3, 0.4) is 0 Å². The number of nitrogens with one attached hydrogen (secondary N) is 2. The summed E-state index contributed by atoms with van der Waals surface area (Å²) in [4.78, 5) is 0.362. The zero-order valence-electron chi connectivity index (χ0n) is 12.6. The standard InChI is InChI=1S/C14H25N3O2S/c1-4-15-10-12-9-13(11-17(12)3)20(18,19)16-14(2)7-5-6-8-14/h9,11,15-16H,4-8,10H2,1-3H3. The van der Waals surface area contributed by atoms with Gasteiger partial charge in [0.25, 0.3) is 0 Å². The van der Waals surface area contributed by atoms with E-state index in [2.05, 4.69) is 10.0 Å². The Morgan fingerprint density at radius 1 is 1.35 bits per heavy atom. The second-order valence-corrected chi connectivity index (χ2v) is 7.61. The van der Waals surface area contributed by atoms with Gasteiger partial charge in [0, 0.05) is 31.0 Å². The van der Waals surface area contributed by atoms with Crippen LogP contribution >= 0.6 is 0 Å². The van der Waals surface area contributed by atoms with Crippen molar-refractivity contribution in [3.8, 4) is 0 Å². The van der Waals surface area contributed by atoms with Crippen LogP contribution in [0.25, 0.3) is 0 Å². The molecule has 1 aromatic rings. The Morgan fingerprint density at radius 2 is 2.00 bits per heavy atom. The second-order valence-electron chi connectivity index (χ2n) is 5.93. The monoisotopic (exact) mass is 299 g/mol. The number of nitrogens with zero attached hydrogens (tertiary/aromatic N) is 1. The summed E-state index contributed by atoms with van der Waals surface area (Å²) in [6.07, 6.45) is 5.72. The van der Waals surface area contributed by atoms with Gasteiger partial charge in [-0.1, -0.05) is 19.8 Å². The molecule has 1 aliphatic carbocycles. The molecule has 0 aliphatic heterocycles. The molecule has 20 heavy (non-hydrogen) atoms. The van der Waals surface area contributed by atoms with Crippen LogP contribution in [0.5, 0.6) is 0 Å². The van der Waals surface area contributed by atoms with Crippen molar-refractivity contribution in [3.63, 3.8) is 0 Å². The molecule has 1 fully saturated rings. The molecule has 1 saturated carbocycles. The van der Waals surface area contributed by atoms with Crippen LogP contribution in [0.15, 0.2) is 17.2 Å². The molecule has 0 spiro atoms. The van der Waals surface area contributed by atoms with Gasteiger partial charge >= 0.3 is 0 Å². The highest BCUT2D eigenvalue weighted by Crippen LogP contribution is 2.30. The average molecular weight is 299 g/mol. The van der Waals surface area contributed by atoms with Gasteiger partial charge in [0.2, 0.25) is 10.0 Å². The fraction of sp³-hybridized carbons (Fsp3) is 0.714. The molecule has 0 amide bonds. The van der Waals surface area contributed by atoms with E-state index in [-0.39, 0.29) is 5.54 Å². The lowest BCUT2D eigenvalue weighted by Gasteiger charge is -2.24. The Morgan fingerprint density at radius 3 is 2.60 bits per heavy atom. The van der Waals surface area contributed by atoms with Crippen molar-refractivity contribution >= 4 is 10.0 Å². The van der Waals surface area contributed by atoms with Crippen LogP contribution in [-0.4, -0.2) is 25.1 Å². The van der Waals surface area contributed by atoms with Gasteiger partial charge in [-0.2, -0.15) is 0 Å². The summed E-state index contributed by atoms with van der Waals surface area (Å²) in [5.41, 5.74) is 0.694. The summed E-state index contributed by atoms with van der Waals surface area (Å²) in [6.45, 7) is 5.58. The van der Waals surface area contributed by atoms with Gasteiger partial charge in [0.15, 0.2) is 0 Å². The number of aryl methyl sites for hydroxylation is 1. The fourth-order valence-corrected chi connectivity index (χ4v) is 4.35. The molecule has 0 radical (unpaired) electrons. The Bertz CT molecular complexity index is 557. The number of rotatable bonds is 6. The number of aromatic nitrogens is 1. The van der Waals surface area contributed by atoms with Gasteiger partial charge < -0.3 is 9.88 Å². The quantitative estimate of drug-likeness (QED) is 0.841. The lowest BCUT2D eigenvalue weighted by Crippen LogP contribution is -2.43. The normalized spacial score (nSPS) is 18.6. The van der Waals surface area contributed by atoms with Gasteiger partial charge in [-0.05, 0) is 32.4 Å². The Kier molecular flexibility index (Phi) is 4.56. The predicted octanol–water partition coefficient (Wildman–Crippen LogP) is 1.75. The fourth-order valence-electron chi connectivity index (χ4n) is 2.79. The van der Waals surface area contributed by atoms with Crippen molar-refractivity contribution in [2.45, 2.75) is 56.5 Å². The van der Waals surface area contributed by atoms with Crippen molar-refractivity contribution < 1.29 is 8.42 Å². The molecule has 6 heteroatoms. The largest absolute Gasteiger partial charge is 0.352 e. The molecule has 2 N–H and O–H groups in total. The summed E-state index contributed by atoms with van der Waals surface area (Å²) in [5, 5.41) is 3.21. The van der Waals surface area contributed by atoms with Crippen LogP contribution in [0.1, 0.15) is 45.2 Å². The Balaban J connectivity index is 2.17. The number of sulfonamides is 1. The van der Waals surface area contributed by atoms with Crippen molar-refractivity contribution in [3.05, 3.63) is 18.0 Å². The molecule has 0 saturated heterocycles. The van der Waals surface area contributed by atoms with Crippen LogP contribution < -0.4 is 10.0 Å². The Hall–Kier alpha value is -0.850. The molecular weight excluding hydrogens is 274 g/mol. The Labute approximate surface area is 121 Å². The highest BCUT2D eigenvalue weighted by Gasteiger charge is 2.34. The van der Waals surface area contributed by atoms with Gasteiger partial charge in [-0.3, -0.25) is 0 Å². The van der Waals surface area contributed by atoms with Crippen LogP contribution in [-0.2, 0) is 23.6 Å². The summed E-state index contributed by atoms with van der Waals surface area (Å²) in [5.74, 6) is 0. The average Bonchev–Trinajstić information content (AvgIpc) is 2.93. The lowest BCUT2D eigenvalue weighted by molar-refractivity contribution is 0.427. The number of hydrogen-bond acceptors (Lipinski definition) is 3. The maximum absolute atomic E-state index is 12.5. The molecular formula is C14H25N3O2S. The van der Waals surface area contributed by atoms with Gasteiger partial charge in [0.1, 0.15) is 0 Å². The minimum atomic E-state index is -3.43.